The number of aliphatic hydroxyl groups is 1. The third kappa shape index (κ3) is 9.39. The molecular formula is C29H33ClFN6O10P2-. The van der Waals surface area contributed by atoms with E-state index in [9.17, 15) is 23.9 Å². The van der Waals surface area contributed by atoms with Gasteiger partial charge in [-0.1, -0.05) is 62.4 Å². The van der Waals surface area contributed by atoms with E-state index in [1.54, 1.807) is 50.2 Å². The molecule has 1 saturated heterocycles. The lowest BCUT2D eigenvalue weighted by molar-refractivity contribution is -0.220. The van der Waals surface area contributed by atoms with Crippen LogP contribution in [0.4, 0.5) is 10.2 Å². The van der Waals surface area contributed by atoms with Gasteiger partial charge < -0.3 is 34.3 Å². The molecule has 0 aliphatic carbocycles. The number of phosphoric ester groups is 1. The molecule has 0 amide bonds. The quantitative estimate of drug-likeness (QED) is 0.0887. The van der Waals surface area contributed by atoms with E-state index in [-0.39, 0.29) is 47.0 Å². The molecule has 2 aromatic heterocycles. The Labute approximate surface area is 284 Å². The van der Waals surface area contributed by atoms with Crippen molar-refractivity contribution in [3.8, 4) is 5.75 Å². The number of aromatic nitrogens is 4. The Kier molecular flexibility index (Phi) is 11.7. The molecular weight excluding hydrogens is 709 g/mol. The van der Waals surface area contributed by atoms with Crippen molar-refractivity contribution in [2.24, 2.45) is 5.92 Å². The lowest BCUT2D eigenvalue weighted by Crippen LogP contribution is -2.39. The molecule has 5 rings (SSSR count). The monoisotopic (exact) mass is 741 g/mol. The van der Waals surface area contributed by atoms with Gasteiger partial charge in [0.15, 0.2) is 23.9 Å². The Morgan fingerprint density at radius 2 is 1.84 bits per heavy atom. The van der Waals surface area contributed by atoms with Crippen molar-refractivity contribution in [3.05, 3.63) is 77.8 Å². The van der Waals surface area contributed by atoms with Crippen LogP contribution in [0, 0.1) is 5.92 Å². The zero-order valence-electron chi connectivity index (χ0n) is 26.1. The Morgan fingerprint density at radius 3 is 2.51 bits per heavy atom. The van der Waals surface area contributed by atoms with Gasteiger partial charge in [-0.05, 0) is 41.6 Å². The van der Waals surface area contributed by atoms with Gasteiger partial charge in [0.05, 0.1) is 12.9 Å². The van der Waals surface area contributed by atoms with Crippen LogP contribution in [-0.4, -0.2) is 61.6 Å². The summed E-state index contributed by atoms with van der Waals surface area (Å²) in [5, 5.41) is 12.7. The summed E-state index contributed by atoms with van der Waals surface area (Å²) >= 11 is 5.88. The van der Waals surface area contributed by atoms with Gasteiger partial charge in [0.25, 0.3) is 7.82 Å². The molecule has 0 saturated carbocycles. The van der Waals surface area contributed by atoms with Gasteiger partial charge in [0.1, 0.15) is 36.1 Å². The molecule has 2 aromatic carbocycles. The maximum Gasteiger partial charge on any atom is 0.465 e. The number of nitrogens with one attached hydrogen (secondary N) is 1. The van der Waals surface area contributed by atoms with Gasteiger partial charge in [0, 0.05) is 0 Å². The molecule has 0 radical (unpaired) electrons. The maximum atomic E-state index is 15.3. The normalized spacial score (nSPS) is 22.4. The summed E-state index contributed by atoms with van der Waals surface area (Å²) in [6, 6.07) is 14.9. The SMILES string of the molecule is CC(C)C[C@H](NP(=O)(Oc1ccccc1)OP(=O)([O-])OC[C@H]1O[C@@H](n2cnc3c(N)nc(Cl)nc32)[C@H](F)C1O)C(=O)OCc1ccccc1. The summed E-state index contributed by atoms with van der Waals surface area (Å²) in [5.74, 6) is -1.14. The van der Waals surface area contributed by atoms with Crippen LogP contribution in [0.15, 0.2) is 67.0 Å². The largest absolute Gasteiger partial charge is 0.756 e. The summed E-state index contributed by atoms with van der Waals surface area (Å²) in [6.07, 6.45) is -5.92. The van der Waals surface area contributed by atoms with E-state index < -0.39 is 58.8 Å². The molecule has 4 aromatic rings. The second kappa shape index (κ2) is 15.6. The maximum absolute atomic E-state index is 15.3. The standard InChI is InChI=1S/C29H34ClFN6O10P2/c1-17(2)13-20(28(39)43-14-18-9-5-3-6-10-18)36-48(40,46-19-11-7-4-8-12-19)47-49(41,42)44-15-21-24(38)22(31)27(45-21)37-16-33-23-25(32)34-29(30)35-26(23)37/h3-12,16-17,20-22,24,27,38H,13-15H2,1-2H3,(H,36,40)(H,41,42)(H2,32,34,35)/p-1/t20-,21+,22+,24?,27+,48?/m0/s1. The number of nitrogens with two attached hydrogens (primary N) is 1. The van der Waals surface area contributed by atoms with E-state index in [0.717, 1.165) is 10.9 Å². The Hall–Kier alpha value is -3.50. The smallest absolute Gasteiger partial charge is 0.465 e. The number of phosphoric acid groups is 1. The number of benzene rings is 2. The van der Waals surface area contributed by atoms with Gasteiger partial charge in [-0.3, -0.25) is 13.9 Å². The highest BCUT2D eigenvalue weighted by Gasteiger charge is 2.47. The summed E-state index contributed by atoms with van der Waals surface area (Å²) in [5.41, 5.74) is 6.58. The fourth-order valence-corrected chi connectivity index (χ4v) is 7.97. The van der Waals surface area contributed by atoms with Crippen molar-refractivity contribution < 1.29 is 51.1 Å². The summed E-state index contributed by atoms with van der Waals surface area (Å²) < 4.78 is 69.9. The third-order valence-corrected chi connectivity index (χ3v) is 10.5. The fraction of sp³-hybridized carbons (Fsp3) is 0.379. The number of hydrogen-bond donors (Lipinski definition) is 3. The molecule has 1 aliphatic heterocycles. The number of hydrogen-bond acceptors (Lipinski definition) is 14. The number of ether oxygens (including phenoxy) is 2. The molecule has 49 heavy (non-hydrogen) atoms. The topological polar surface area (TPSA) is 222 Å². The second-order valence-corrected chi connectivity index (χ2v) is 14.9. The zero-order valence-corrected chi connectivity index (χ0v) is 28.6. The number of rotatable bonds is 15. The van der Waals surface area contributed by atoms with Crippen LogP contribution in [0.2, 0.25) is 5.28 Å². The van der Waals surface area contributed by atoms with Crippen LogP contribution in [0.1, 0.15) is 32.1 Å². The van der Waals surface area contributed by atoms with Crippen molar-refractivity contribution in [3.63, 3.8) is 0 Å². The Balaban J connectivity index is 1.31. The first-order valence-corrected chi connectivity index (χ1v) is 18.2. The van der Waals surface area contributed by atoms with Crippen molar-refractivity contribution in [1.29, 1.82) is 0 Å². The molecule has 0 spiro atoms. The average molecular weight is 742 g/mol. The second-order valence-electron chi connectivity index (χ2n) is 11.3. The van der Waals surface area contributed by atoms with Crippen LogP contribution in [0.5, 0.6) is 5.75 Å². The molecule has 4 N–H and O–H groups in total. The number of alkyl halides is 1. The van der Waals surface area contributed by atoms with Crippen molar-refractivity contribution in [2.75, 3.05) is 12.3 Å². The number of nitrogens with zero attached hydrogens (tertiary/aromatic N) is 4. The highest BCUT2D eigenvalue weighted by Crippen LogP contribution is 2.58. The minimum absolute atomic E-state index is 0.0000638. The molecule has 264 valence electrons. The minimum Gasteiger partial charge on any atom is -0.756 e. The van der Waals surface area contributed by atoms with Crippen LogP contribution in [-0.2, 0) is 38.8 Å². The van der Waals surface area contributed by atoms with Crippen molar-refractivity contribution in [2.45, 2.75) is 57.5 Å². The molecule has 16 nitrogen and oxygen atoms in total. The highest BCUT2D eigenvalue weighted by molar-refractivity contribution is 7.63. The van der Waals surface area contributed by atoms with Gasteiger partial charge in [0.2, 0.25) is 5.28 Å². The minimum atomic E-state index is -5.61. The third-order valence-electron chi connectivity index (χ3n) is 7.09. The molecule has 0 bridgehead atoms. The van der Waals surface area contributed by atoms with E-state index >= 15 is 4.39 Å². The van der Waals surface area contributed by atoms with Crippen LogP contribution >= 0.6 is 27.2 Å². The fourth-order valence-electron chi connectivity index (χ4n) is 4.86. The number of esters is 1. The number of para-hydroxylation sites is 1. The molecule has 1 aliphatic rings. The van der Waals surface area contributed by atoms with E-state index in [1.165, 1.54) is 24.3 Å². The van der Waals surface area contributed by atoms with Gasteiger partial charge in [-0.2, -0.15) is 15.1 Å². The summed E-state index contributed by atoms with van der Waals surface area (Å²) in [6.45, 7) is 2.49. The number of carbonyl (C=O) groups is 1. The number of halogens is 2. The first-order valence-electron chi connectivity index (χ1n) is 14.9. The number of imidazole rings is 1. The summed E-state index contributed by atoms with van der Waals surface area (Å²) in [4.78, 5) is 38.0. The van der Waals surface area contributed by atoms with Gasteiger partial charge in [-0.25, -0.2) is 18.3 Å². The lowest BCUT2D eigenvalue weighted by atomic mass is 10.1. The summed E-state index contributed by atoms with van der Waals surface area (Å²) in [7, 11) is -10.6. The average Bonchev–Trinajstić information content (AvgIpc) is 3.58. The molecule has 7 atom stereocenters. The number of fused-ring (bicyclic) bond motifs is 1. The first kappa shape index (κ1) is 36.8. The Morgan fingerprint density at radius 1 is 1.16 bits per heavy atom. The molecule has 3 unspecified atom stereocenters. The zero-order chi connectivity index (χ0) is 35.3. The predicted molar refractivity (Wildman–Crippen MR) is 171 cm³/mol. The molecule has 3 heterocycles. The Bertz CT molecular complexity index is 1840. The molecule has 1 fully saturated rings. The predicted octanol–water partition coefficient (Wildman–Crippen LogP) is 4.09. The highest BCUT2D eigenvalue weighted by atomic mass is 35.5. The van der Waals surface area contributed by atoms with Crippen LogP contribution in [0.3, 0.4) is 0 Å². The van der Waals surface area contributed by atoms with Gasteiger partial charge >= 0.3 is 13.7 Å². The van der Waals surface area contributed by atoms with Gasteiger partial charge in [-0.15, -0.1) is 0 Å². The van der Waals surface area contributed by atoms with Crippen LogP contribution in [0.25, 0.3) is 11.2 Å². The number of nitrogen functional groups attached to an aromatic ring is 1. The lowest BCUT2D eigenvalue weighted by Gasteiger charge is -2.31. The van der Waals surface area contributed by atoms with E-state index in [4.69, 9.17) is 40.2 Å². The number of carbonyl (C=O) groups excluding carboxylic acids is 1. The molecule has 20 heteroatoms. The van der Waals surface area contributed by atoms with Crippen LogP contribution < -0.4 is 20.2 Å². The van der Waals surface area contributed by atoms with Crippen molar-refractivity contribution >= 4 is 50.1 Å². The number of anilines is 1. The van der Waals surface area contributed by atoms with E-state index in [1.807, 2.05) is 0 Å². The first-order chi connectivity index (χ1) is 23.2. The number of aliphatic hydroxyl groups excluding tert-OH is 1. The van der Waals surface area contributed by atoms with E-state index in [2.05, 4.69) is 20.0 Å². The van der Waals surface area contributed by atoms with E-state index in [0.29, 0.717) is 5.56 Å². The van der Waals surface area contributed by atoms with Crippen molar-refractivity contribution in [1.82, 2.24) is 24.6 Å².